The van der Waals surface area contributed by atoms with Crippen molar-refractivity contribution in [1.82, 2.24) is 14.9 Å². The van der Waals surface area contributed by atoms with Crippen LogP contribution in [0.2, 0.25) is 0 Å². The molecule has 3 rings (SSSR count). The Kier molecular flexibility index (Phi) is 7.42. The number of nitrogens with one attached hydrogen (secondary N) is 1. The molecule has 0 saturated carbocycles. The van der Waals surface area contributed by atoms with Gasteiger partial charge in [0.05, 0.1) is 20.8 Å². The van der Waals surface area contributed by atoms with Crippen LogP contribution in [-0.4, -0.2) is 62.5 Å². The molecule has 2 heterocycles. The Morgan fingerprint density at radius 1 is 1.19 bits per heavy atom. The Bertz CT molecular complexity index is 1130. The Balaban J connectivity index is 1.97. The minimum atomic E-state index is -0.764. The lowest BCUT2D eigenvalue weighted by atomic mass is 10.0. The number of aromatic amines is 1. The van der Waals surface area contributed by atoms with Crippen molar-refractivity contribution >= 4 is 22.8 Å². The van der Waals surface area contributed by atoms with Gasteiger partial charge in [0.25, 0.3) is 0 Å². The molecule has 0 fully saturated rings. The van der Waals surface area contributed by atoms with Crippen molar-refractivity contribution < 1.29 is 18.3 Å². The Labute approximate surface area is 185 Å². The number of nitrogens with two attached hydrogens (primary N) is 1. The van der Waals surface area contributed by atoms with E-state index in [0.29, 0.717) is 23.3 Å². The van der Waals surface area contributed by atoms with E-state index in [0.717, 1.165) is 17.5 Å². The van der Waals surface area contributed by atoms with Gasteiger partial charge in [0.15, 0.2) is 23.1 Å². The van der Waals surface area contributed by atoms with Gasteiger partial charge in [-0.15, -0.1) is 0 Å². The minimum absolute atomic E-state index is 0.0189. The molecular weight excluding hydrogens is 416 g/mol. The van der Waals surface area contributed by atoms with Crippen LogP contribution in [-0.2, 0) is 6.42 Å². The van der Waals surface area contributed by atoms with Crippen LogP contribution >= 0.6 is 0 Å². The second-order valence-electron chi connectivity index (χ2n) is 7.46. The molecule has 0 aliphatic carbocycles. The third-order valence-electron chi connectivity index (χ3n) is 5.07. The molecule has 0 radical (unpaired) electrons. The van der Waals surface area contributed by atoms with Crippen LogP contribution in [0.1, 0.15) is 16.7 Å². The van der Waals surface area contributed by atoms with Crippen molar-refractivity contribution in [2.24, 2.45) is 10.7 Å². The van der Waals surface area contributed by atoms with E-state index in [-0.39, 0.29) is 23.5 Å². The number of likely N-dealkylation sites (N-methyl/N-ethyl adjacent to an activating group) is 1. The molecule has 0 atom stereocenters. The van der Waals surface area contributed by atoms with E-state index in [9.17, 15) is 8.78 Å². The van der Waals surface area contributed by atoms with Crippen LogP contribution in [0, 0.1) is 11.6 Å². The number of rotatable bonds is 9. The lowest BCUT2D eigenvalue weighted by molar-refractivity contribution is 0.354. The fourth-order valence-electron chi connectivity index (χ4n) is 3.28. The molecule has 32 heavy (non-hydrogen) atoms. The van der Waals surface area contributed by atoms with Crippen LogP contribution in [0.3, 0.4) is 0 Å². The summed E-state index contributed by atoms with van der Waals surface area (Å²) in [7, 11) is 6.60. The number of aromatic nitrogens is 2. The van der Waals surface area contributed by atoms with Gasteiger partial charge in [-0.25, -0.2) is 13.8 Å². The molecule has 0 amide bonds. The number of allylic oxidation sites excluding steroid dienone is 1. The first-order valence-corrected chi connectivity index (χ1v) is 10.0. The average molecular weight is 443 g/mol. The van der Waals surface area contributed by atoms with Gasteiger partial charge in [-0.05, 0) is 25.7 Å². The summed E-state index contributed by atoms with van der Waals surface area (Å²) in [5.74, 6) is -1.70. The minimum Gasteiger partial charge on any atom is -0.494 e. The van der Waals surface area contributed by atoms with Gasteiger partial charge in [-0.1, -0.05) is 0 Å². The molecule has 0 aliphatic rings. The van der Waals surface area contributed by atoms with Crippen LogP contribution in [0.5, 0.6) is 11.5 Å². The van der Waals surface area contributed by atoms with Crippen LogP contribution in [0.25, 0.3) is 16.6 Å². The second-order valence-corrected chi connectivity index (χ2v) is 7.46. The highest BCUT2D eigenvalue weighted by Crippen LogP contribution is 2.34. The maximum Gasteiger partial charge on any atom is 0.171 e. The van der Waals surface area contributed by atoms with Crippen molar-refractivity contribution in [2.75, 3.05) is 41.4 Å². The zero-order chi connectivity index (χ0) is 23.3. The van der Waals surface area contributed by atoms with Gasteiger partial charge in [-0.2, -0.15) is 0 Å². The number of benzene rings is 1. The lowest BCUT2D eigenvalue weighted by Gasteiger charge is -2.12. The van der Waals surface area contributed by atoms with Gasteiger partial charge in [0, 0.05) is 65.9 Å². The van der Waals surface area contributed by atoms with Crippen molar-refractivity contribution in [3.8, 4) is 11.5 Å². The van der Waals surface area contributed by atoms with Crippen molar-refractivity contribution in [3.05, 3.63) is 59.1 Å². The lowest BCUT2D eigenvalue weighted by Crippen LogP contribution is -2.15. The standard InChI is InChI=1S/C23H27F2N5O2/c1-30(2)6-5-27-11-16(10-26)14-7-17-15(13-29-23(17)28-12-14)8-18-21(24)19(31-3)9-20(32-4)22(18)25/h7,9-13H,5-6,8,26H2,1-4H3,(H,28,29). The van der Waals surface area contributed by atoms with Gasteiger partial charge >= 0.3 is 0 Å². The summed E-state index contributed by atoms with van der Waals surface area (Å²) < 4.78 is 39.8. The second kappa shape index (κ2) is 10.2. The Morgan fingerprint density at radius 3 is 2.47 bits per heavy atom. The maximum atomic E-state index is 14.8. The zero-order valence-electron chi connectivity index (χ0n) is 18.6. The predicted octanol–water partition coefficient (Wildman–Crippen LogP) is 3.38. The first-order chi connectivity index (χ1) is 15.4. The highest BCUT2D eigenvalue weighted by atomic mass is 19.1. The number of hydrogen-bond acceptors (Lipinski definition) is 6. The summed E-state index contributed by atoms with van der Waals surface area (Å²) in [6, 6.07) is 3.06. The predicted molar refractivity (Wildman–Crippen MR) is 122 cm³/mol. The van der Waals surface area contributed by atoms with Crippen molar-refractivity contribution in [1.29, 1.82) is 0 Å². The molecular formula is C23H27F2N5O2. The van der Waals surface area contributed by atoms with Crippen molar-refractivity contribution in [2.45, 2.75) is 6.42 Å². The van der Waals surface area contributed by atoms with Gasteiger partial charge in [0.2, 0.25) is 0 Å². The topological polar surface area (TPSA) is 88.8 Å². The number of H-pyrrole nitrogens is 1. The fourth-order valence-corrected chi connectivity index (χ4v) is 3.28. The third kappa shape index (κ3) is 4.88. The largest absolute Gasteiger partial charge is 0.494 e. The van der Waals surface area contributed by atoms with Gasteiger partial charge in [0.1, 0.15) is 5.65 Å². The van der Waals surface area contributed by atoms with E-state index in [1.807, 2.05) is 25.1 Å². The number of hydrogen-bond donors (Lipinski definition) is 2. The first kappa shape index (κ1) is 23.2. The number of ether oxygens (including phenoxy) is 2. The molecule has 0 spiro atoms. The van der Waals surface area contributed by atoms with E-state index in [1.54, 1.807) is 18.6 Å². The normalized spacial score (nSPS) is 12.3. The highest BCUT2D eigenvalue weighted by molar-refractivity contribution is 6.10. The fraction of sp³-hybridized carbons (Fsp3) is 0.304. The van der Waals surface area contributed by atoms with E-state index in [4.69, 9.17) is 15.2 Å². The number of aliphatic imine (C=N–C) groups is 1. The van der Waals surface area contributed by atoms with E-state index in [2.05, 4.69) is 15.0 Å². The summed E-state index contributed by atoms with van der Waals surface area (Å²) in [6.45, 7) is 1.44. The van der Waals surface area contributed by atoms with Crippen LogP contribution < -0.4 is 15.2 Å². The number of fused-ring (bicyclic) bond motifs is 1. The smallest absolute Gasteiger partial charge is 0.171 e. The first-order valence-electron chi connectivity index (χ1n) is 10.0. The summed E-state index contributed by atoms with van der Waals surface area (Å²) in [4.78, 5) is 13.9. The summed E-state index contributed by atoms with van der Waals surface area (Å²) in [5, 5.41) is 0.726. The summed E-state index contributed by atoms with van der Waals surface area (Å²) in [5.41, 5.74) is 8.38. The molecule has 1 aromatic carbocycles. The summed E-state index contributed by atoms with van der Waals surface area (Å²) in [6.07, 6.45) is 6.50. The summed E-state index contributed by atoms with van der Waals surface area (Å²) >= 11 is 0. The molecule has 0 aliphatic heterocycles. The SMILES string of the molecule is COc1cc(OC)c(F)c(Cc2c[nH]c3ncc(C(C=NCCN(C)C)=CN)cc23)c1F. The Hall–Kier alpha value is -3.46. The molecule has 0 bridgehead atoms. The quantitative estimate of drug-likeness (QED) is 0.495. The number of pyridine rings is 1. The highest BCUT2D eigenvalue weighted by Gasteiger charge is 2.21. The molecule has 7 nitrogen and oxygen atoms in total. The van der Waals surface area contributed by atoms with E-state index in [1.165, 1.54) is 26.5 Å². The molecule has 3 aromatic rings. The zero-order valence-corrected chi connectivity index (χ0v) is 18.6. The average Bonchev–Trinajstić information content (AvgIpc) is 3.18. The van der Waals surface area contributed by atoms with Gasteiger partial charge < -0.3 is 25.1 Å². The number of methoxy groups -OCH3 is 2. The number of halogens is 2. The van der Waals surface area contributed by atoms with Gasteiger partial charge in [-0.3, -0.25) is 4.99 Å². The number of nitrogens with zero attached hydrogens (tertiary/aromatic N) is 3. The molecule has 0 unspecified atom stereocenters. The van der Waals surface area contributed by atoms with E-state index >= 15 is 0 Å². The molecule has 170 valence electrons. The van der Waals surface area contributed by atoms with Crippen LogP contribution in [0.15, 0.2) is 35.7 Å². The third-order valence-corrected chi connectivity index (χ3v) is 5.07. The van der Waals surface area contributed by atoms with E-state index < -0.39 is 11.6 Å². The molecule has 3 N–H and O–H groups in total. The monoisotopic (exact) mass is 443 g/mol. The molecule has 2 aromatic heterocycles. The maximum absolute atomic E-state index is 14.8. The van der Waals surface area contributed by atoms with Crippen LogP contribution in [0.4, 0.5) is 8.78 Å². The molecule has 9 heteroatoms. The molecule has 0 saturated heterocycles. The Morgan fingerprint density at radius 2 is 1.88 bits per heavy atom. The van der Waals surface area contributed by atoms with Crippen molar-refractivity contribution in [3.63, 3.8) is 0 Å².